The standard InChI is InChI=1S/C12H24F3N3O2S/c1-10(2)18(9-12(13,14)15)21(19,20)17-7-5-4-6-11(17)8-16-3/h10-11,16H,4-9H2,1-3H3. The topological polar surface area (TPSA) is 52.7 Å². The molecule has 1 N–H and O–H groups in total. The number of halogens is 3. The van der Waals surface area contributed by atoms with Gasteiger partial charge in [0.25, 0.3) is 10.2 Å². The van der Waals surface area contributed by atoms with E-state index in [2.05, 4.69) is 5.32 Å². The Morgan fingerprint density at radius 3 is 2.43 bits per heavy atom. The van der Waals surface area contributed by atoms with Crippen molar-refractivity contribution in [3.63, 3.8) is 0 Å². The number of likely N-dealkylation sites (N-methyl/N-ethyl adjacent to an activating group) is 1. The van der Waals surface area contributed by atoms with Crippen molar-refractivity contribution in [3.8, 4) is 0 Å². The molecule has 0 aromatic rings. The quantitative estimate of drug-likeness (QED) is 0.804. The lowest BCUT2D eigenvalue weighted by atomic mass is 10.1. The fourth-order valence-electron chi connectivity index (χ4n) is 2.56. The van der Waals surface area contributed by atoms with E-state index in [1.54, 1.807) is 7.05 Å². The maximum atomic E-state index is 12.7. The minimum Gasteiger partial charge on any atom is -0.318 e. The summed E-state index contributed by atoms with van der Waals surface area (Å²) in [6, 6.07) is -1.03. The highest BCUT2D eigenvalue weighted by Gasteiger charge is 2.42. The van der Waals surface area contributed by atoms with Crippen molar-refractivity contribution in [3.05, 3.63) is 0 Å². The lowest BCUT2D eigenvalue weighted by molar-refractivity contribution is -0.139. The highest BCUT2D eigenvalue weighted by Crippen LogP contribution is 2.26. The molecule has 1 atom stereocenters. The Morgan fingerprint density at radius 1 is 1.33 bits per heavy atom. The lowest BCUT2D eigenvalue weighted by Gasteiger charge is -2.39. The van der Waals surface area contributed by atoms with E-state index in [-0.39, 0.29) is 12.6 Å². The fourth-order valence-corrected chi connectivity index (χ4v) is 4.59. The normalized spacial score (nSPS) is 22.2. The zero-order valence-corrected chi connectivity index (χ0v) is 13.5. The van der Waals surface area contributed by atoms with Crippen molar-refractivity contribution in [1.82, 2.24) is 13.9 Å². The zero-order chi connectivity index (χ0) is 16.3. The van der Waals surface area contributed by atoms with E-state index in [0.29, 0.717) is 23.7 Å². The second kappa shape index (κ2) is 7.26. The summed E-state index contributed by atoms with van der Waals surface area (Å²) in [5.41, 5.74) is 0. The largest absolute Gasteiger partial charge is 0.402 e. The van der Waals surface area contributed by atoms with E-state index in [9.17, 15) is 21.6 Å². The Bertz CT molecular complexity index is 424. The van der Waals surface area contributed by atoms with Gasteiger partial charge in [0.05, 0.1) is 0 Å². The molecular weight excluding hydrogens is 307 g/mol. The second-order valence-electron chi connectivity index (χ2n) is 5.58. The Labute approximate surface area is 124 Å². The molecule has 126 valence electrons. The van der Waals surface area contributed by atoms with Crippen LogP contribution >= 0.6 is 0 Å². The van der Waals surface area contributed by atoms with Crippen molar-refractivity contribution >= 4 is 10.2 Å². The molecule has 0 saturated carbocycles. The van der Waals surface area contributed by atoms with Gasteiger partial charge < -0.3 is 5.32 Å². The van der Waals surface area contributed by atoms with E-state index in [0.717, 1.165) is 6.42 Å². The van der Waals surface area contributed by atoms with Crippen LogP contribution in [0.15, 0.2) is 0 Å². The first kappa shape index (κ1) is 18.7. The van der Waals surface area contributed by atoms with E-state index in [1.807, 2.05) is 0 Å². The average Bonchev–Trinajstić information content (AvgIpc) is 2.35. The van der Waals surface area contributed by atoms with Crippen LogP contribution in [-0.4, -0.2) is 62.0 Å². The van der Waals surface area contributed by atoms with Gasteiger partial charge in [-0.3, -0.25) is 0 Å². The smallest absolute Gasteiger partial charge is 0.318 e. The summed E-state index contributed by atoms with van der Waals surface area (Å²) >= 11 is 0. The van der Waals surface area contributed by atoms with E-state index < -0.39 is 29.0 Å². The summed E-state index contributed by atoms with van der Waals surface area (Å²) < 4.78 is 65.0. The van der Waals surface area contributed by atoms with E-state index >= 15 is 0 Å². The summed E-state index contributed by atoms with van der Waals surface area (Å²) in [5, 5.41) is 2.91. The summed E-state index contributed by atoms with van der Waals surface area (Å²) in [6.07, 6.45) is -2.32. The maximum absolute atomic E-state index is 12.7. The van der Waals surface area contributed by atoms with Gasteiger partial charge in [0.1, 0.15) is 6.54 Å². The zero-order valence-electron chi connectivity index (χ0n) is 12.7. The molecule has 1 saturated heterocycles. The van der Waals surface area contributed by atoms with E-state index in [1.165, 1.54) is 18.2 Å². The van der Waals surface area contributed by atoms with Crippen molar-refractivity contribution in [2.24, 2.45) is 0 Å². The van der Waals surface area contributed by atoms with Crippen molar-refractivity contribution < 1.29 is 21.6 Å². The first-order valence-electron chi connectivity index (χ1n) is 7.09. The number of rotatable bonds is 6. The highest BCUT2D eigenvalue weighted by atomic mass is 32.2. The number of hydrogen-bond donors (Lipinski definition) is 1. The Hall–Kier alpha value is -0.380. The van der Waals surface area contributed by atoms with Gasteiger partial charge in [-0.25, -0.2) is 0 Å². The van der Waals surface area contributed by atoms with Crippen LogP contribution in [0.2, 0.25) is 0 Å². The summed E-state index contributed by atoms with van der Waals surface area (Å²) in [5.74, 6) is 0. The fraction of sp³-hybridized carbons (Fsp3) is 1.00. The molecule has 0 aliphatic carbocycles. The molecule has 0 bridgehead atoms. The second-order valence-corrected chi connectivity index (χ2v) is 7.41. The molecule has 0 amide bonds. The van der Waals surface area contributed by atoms with Crippen LogP contribution in [0, 0.1) is 0 Å². The van der Waals surface area contributed by atoms with Gasteiger partial charge in [0.2, 0.25) is 0 Å². The molecule has 0 radical (unpaired) electrons. The molecule has 0 aromatic carbocycles. The molecule has 1 rings (SSSR count). The number of hydrogen-bond acceptors (Lipinski definition) is 3. The van der Waals surface area contributed by atoms with Crippen LogP contribution in [0.25, 0.3) is 0 Å². The number of nitrogens with zero attached hydrogens (tertiary/aromatic N) is 2. The summed E-state index contributed by atoms with van der Waals surface area (Å²) in [6.45, 7) is 2.18. The first-order valence-corrected chi connectivity index (χ1v) is 8.49. The van der Waals surface area contributed by atoms with Crippen LogP contribution in [0.4, 0.5) is 13.2 Å². The number of piperidine rings is 1. The third-order valence-corrected chi connectivity index (χ3v) is 5.73. The summed E-state index contributed by atoms with van der Waals surface area (Å²) in [4.78, 5) is 0. The average molecular weight is 331 g/mol. The molecule has 5 nitrogen and oxygen atoms in total. The van der Waals surface area contributed by atoms with Gasteiger partial charge in [-0.1, -0.05) is 6.42 Å². The molecule has 0 spiro atoms. The van der Waals surface area contributed by atoms with Gasteiger partial charge in [0, 0.05) is 25.2 Å². The van der Waals surface area contributed by atoms with Crippen LogP contribution < -0.4 is 5.32 Å². The monoisotopic (exact) mass is 331 g/mol. The third-order valence-electron chi connectivity index (χ3n) is 3.52. The minimum absolute atomic E-state index is 0.274. The first-order chi connectivity index (χ1) is 9.59. The molecule has 1 fully saturated rings. The maximum Gasteiger partial charge on any atom is 0.402 e. The molecule has 21 heavy (non-hydrogen) atoms. The van der Waals surface area contributed by atoms with Gasteiger partial charge >= 0.3 is 6.18 Å². The van der Waals surface area contributed by atoms with Crippen LogP contribution in [-0.2, 0) is 10.2 Å². The molecule has 0 aromatic heterocycles. The minimum atomic E-state index is -4.55. The number of alkyl halides is 3. The van der Waals surface area contributed by atoms with Crippen LogP contribution in [0.5, 0.6) is 0 Å². The van der Waals surface area contributed by atoms with Gasteiger partial charge in [-0.15, -0.1) is 0 Å². The SMILES string of the molecule is CNCC1CCCCN1S(=O)(=O)N(CC(F)(F)F)C(C)C. The molecular formula is C12H24F3N3O2S. The van der Waals surface area contributed by atoms with Crippen LogP contribution in [0.3, 0.4) is 0 Å². The molecule has 1 unspecified atom stereocenters. The Kier molecular flexibility index (Phi) is 6.45. The van der Waals surface area contributed by atoms with Gasteiger partial charge in [0.15, 0.2) is 0 Å². The van der Waals surface area contributed by atoms with Gasteiger partial charge in [-0.2, -0.15) is 30.2 Å². The van der Waals surface area contributed by atoms with Crippen molar-refractivity contribution in [2.45, 2.75) is 51.4 Å². The molecule has 9 heteroatoms. The third kappa shape index (κ3) is 5.08. The highest BCUT2D eigenvalue weighted by molar-refractivity contribution is 7.86. The molecule has 1 aliphatic heterocycles. The van der Waals surface area contributed by atoms with Crippen LogP contribution in [0.1, 0.15) is 33.1 Å². The van der Waals surface area contributed by atoms with E-state index in [4.69, 9.17) is 0 Å². The lowest BCUT2D eigenvalue weighted by Crippen LogP contribution is -2.56. The molecule has 1 aliphatic rings. The summed E-state index contributed by atoms with van der Waals surface area (Å²) in [7, 11) is -2.42. The van der Waals surface area contributed by atoms with Crippen molar-refractivity contribution in [1.29, 1.82) is 0 Å². The Balaban J connectivity index is 3.03. The predicted molar refractivity (Wildman–Crippen MR) is 75.1 cm³/mol. The number of nitrogens with one attached hydrogen (secondary N) is 1. The Morgan fingerprint density at radius 2 is 1.95 bits per heavy atom. The van der Waals surface area contributed by atoms with Crippen molar-refractivity contribution in [2.75, 3.05) is 26.7 Å². The predicted octanol–water partition coefficient (Wildman–Crippen LogP) is 1.58. The van der Waals surface area contributed by atoms with Gasteiger partial charge in [-0.05, 0) is 33.7 Å². The molecule has 1 heterocycles.